The van der Waals surface area contributed by atoms with Gasteiger partial charge in [0.05, 0.1) is 5.02 Å². The van der Waals surface area contributed by atoms with E-state index in [1.807, 2.05) is 0 Å². The van der Waals surface area contributed by atoms with Crippen LogP contribution in [-0.4, -0.2) is 41.5 Å². The Hall–Kier alpha value is 0.150. The minimum atomic E-state index is -3.75. The summed E-state index contributed by atoms with van der Waals surface area (Å²) in [6, 6.07) is 2.86. The molecular formula is C11H12Cl3NO3S2. The molecule has 0 atom stereocenters. The van der Waals surface area contributed by atoms with Crippen LogP contribution in [-0.2, 0) is 26.7 Å². The third kappa shape index (κ3) is 3.31. The van der Waals surface area contributed by atoms with Crippen molar-refractivity contribution in [1.82, 2.24) is 4.31 Å². The molecule has 1 aliphatic rings. The molecule has 1 aromatic carbocycles. The van der Waals surface area contributed by atoms with Crippen LogP contribution in [0.1, 0.15) is 5.56 Å². The van der Waals surface area contributed by atoms with Crippen molar-refractivity contribution in [2.45, 2.75) is 10.8 Å². The molecule has 1 saturated heterocycles. The van der Waals surface area contributed by atoms with Crippen molar-refractivity contribution in [3.8, 4) is 0 Å². The average molecular weight is 377 g/mol. The first-order valence-corrected chi connectivity index (χ1v) is 9.97. The van der Waals surface area contributed by atoms with Crippen LogP contribution in [0.25, 0.3) is 0 Å². The van der Waals surface area contributed by atoms with Gasteiger partial charge in [0, 0.05) is 46.3 Å². The summed E-state index contributed by atoms with van der Waals surface area (Å²) < 4.78 is 37.8. The Morgan fingerprint density at radius 1 is 1.20 bits per heavy atom. The minimum absolute atomic E-state index is 0.0463. The van der Waals surface area contributed by atoms with E-state index in [1.165, 1.54) is 10.4 Å². The Morgan fingerprint density at radius 2 is 1.80 bits per heavy atom. The van der Waals surface area contributed by atoms with Gasteiger partial charge in [0.25, 0.3) is 0 Å². The first-order chi connectivity index (χ1) is 9.36. The van der Waals surface area contributed by atoms with Crippen molar-refractivity contribution in [3.05, 3.63) is 27.7 Å². The fourth-order valence-electron chi connectivity index (χ4n) is 1.90. The molecule has 0 radical (unpaired) electrons. The molecule has 0 unspecified atom stereocenters. The number of hydrogen-bond acceptors (Lipinski definition) is 3. The molecule has 112 valence electrons. The molecule has 0 spiro atoms. The molecule has 1 aromatic rings. The van der Waals surface area contributed by atoms with E-state index < -0.39 is 20.8 Å². The smallest absolute Gasteiger partial charge is 0.244 e. The zero-order chi connectivity index (χ0) is 14.9. The molecule has 0 aromatic heterocycles. The molecule has 0 saturated carbocycles. The van der Waals surface area contributed by atoms with Gasteiger partial charge in [-0.05, 0) is 17.7 Å². The maximum absolute atomic E-state index is 12.6. The van der Waals surface area contributed by atoms with Gasteiger partial charge in [-0.1, -0.05) is 23.2 Å². The van der Waals surface area contributed by atoms with Crippen LogP contribution < -0.4 is 0 Å². The van der Waals surface area contributed by atoms with Crippen molar-refractivity contribution < 1.29 is 12.6 Å². The van der Waals surface area contributed by atoms with Crippen molar-refractivity contribution >= 4 is 55.6 Å². The quantitative estimate of drug-likeness (QED) is 0.762. The maximum Gasteiger partial charge on any atom is 0.244 e. The highest BCUT2D eigenvalue weighted by Crippen LogP contribution is 2.32. The molecule has 1 fully saturated rings. The van der Waals surface area contributed by atoms with Gasteiger partial charge < -0.3 is 0 Å². The summed E-state index contributed by atoms with van der Waals surface area (Å²) in [6.07, 6.45) is 0. The Labute approximate surface area is 135 Å². The second-order valence-corrected chi connectivity index (χ2v) is 8.95. The largest absolute Gasteiger partial charge is 0.259 e. The molecule has 1 heterocycles. The van der Waals surface area contributed by atoms with Crippen LogP contribution in [0.5, 0.6) is 0 Å². The van der Waals surface area contributed by atoms with Gasteiger partial charge in [-0.3, -0.25) is 4.21 Å². The summed E-state index contributed by atoms with van der Waals surface area (Å²) >= 11 is 17.8. The summed E-state index contributed by atoms with van der Waals surface area (Å²) in [5, 5.41) is 0.361. The molecule has 2 rings (SSSR count). The highest BCUT2D eigenvalue weighted by atomic mass is 35.5. The third-order valence-corrected chi connectivity index (χ3v) is 7.24. The van der Waals surface area contributed by atoms with Gasteiger partial charge in [-0.25, -0.2) is 8.42 Å². The SMILES string of the molecule is O=S1CCN(S(=O)(=O)c2cc(Cl)cc(CCl)c2Cl)CC1. The Balaban J connectivity index is 2.44. The van der Waals surface area contributed by atoms with Gasteiger partial charge in [0.2, 0.25) is 10.0 Å². The maximum atomic E-state index is 12.6. The molecule has 0 amide bonds. The summed E-state index contributed by atoms with van der Waals surface area (Å²) in [7, 11) is -4.70. The van der Waals surface area contributed by atoms with Crippen LogP contribution in [0.15, 0.2) is 17.0 Å². The van der Waals surface area contributed by atoms with Crippen molar-refractivity contribution in [2.24, 2.45) is 0 Å². The van der Waals surface area contributed by atoms with Crippen molar-refractivity contribution in [2.75, 3.05) is 24.6 Å². The summed E-state index contributed by atoms with van der Waals surface area (Å²) in [4.78, 5) is -0.0463. The van der Waals surface area contributed by atoms with Crippen LogP contribution in [0.2, 0.25) is 10.0 Å². The Morgan fingerprint density at radius 3 is 2.35 bits per heavy atom. The Kier molecular flexibility index (Phi) is 5.37. The molecule has 4 nitrogen and oxygen atoms in total. The number of rotatable bonds is 3. The number of alkyl halides is 1. The normalized spacial score (nSPS) is 18.4. The third-order valence-electron chi connectivity index (χ3n) is 2.98. The zero-order valence-electron chi connectivity index (χ0n) is 10.3. The van der Waals surface area contributed by atoms with E-state index in [-0.39, 0.29) is 33.9 Å². The van der Waals surface area contributed by atoms with Crippen LogP contribution >= 0.6 is 34.8 Å². The van der Waals surface area contributed by atoms with Gasteiger partial charge in [0.15, 0.2) is 0 Å². The highest BCUT2D eigenvalue weighted by molar-refractivity contribution is 7.89. The predicted octanol–water partition coefficient (Wildman–Crippen LogP) is 2.49. The van der Waals surface area contributed by atoms with E-state index in [2.05, 4.69) is 0 Å². The summed E-state index contributed by atoms with van der Waals surface area (Å²) in [5.41, 5.74) is 0.472. The van der Waals surface area contributed by atoms with Gasteiger partial charge in [0.1, 0.15) is 4.90 Å². The second kappa shape index (κ2) is 6.50. The lowest BCUT2D eigenvalue weighted by Gasteiger charge is -2.26. The lowest BCUT2D eigenvalue weighted by molar-refractivity contribution is 0.438. The lowest BCUT2D eigenvalue weighted by atomic mass is 10.2. The fraction of sp³-hybridized carbons (Fsp3) is 0.455. The summed E-state index contributed by atoms with van der Waals surface area (Å²) in [6.45, 7) is 0.433. The predicted molar refractivity (Wildman–Crippen MR) is 82.7 cm³/mol. The molecule has 9 heteroatoms. The van der Waals surface area contributed by atoms with E-state index in [0.29, 0.717) is 17.1 Å². The number of hydrogen-bond donors (Lipinski definition) is 0. The number of halogens is 3. The van der Waals surface area contributed by atoms with E-state index in [1.54, 1.807) is 6.07 Å². The van der Waals surface area contributed by atoms with Crippen LogP contribution in [0, 0.1) is 0 Å². The highest BCUT2D eigenvalue weighted by Gasteiger charge is 2.30. The van der Waals surface area contributed by atoms with E-state index in [0.717, 1.165) is 0 Å². The van der Waals surface area contributed by atoms with Gasteiger partial charge in [-0.2, -0.15) is 4.31 Å². The van der Waals surface area contributed by atoms with Gasteiger partial charge >= 0.3 is 0 Å². The van der Waals surface area contributed by atoms with E-state index in [4.69, 9.17) is 34.8 Å². The topological polar surface area (TPSA) is 54.5 Å². The Bertz CT molecular complexity index is 639. The number of nitrogens with zero attached hydrogens (tertiary/aromatic N) is 1. The first-order valence-electron chi connectivity index (χ1n) is 5.75. The van der Waals surface area contributed by atoms with Gasteiger partial charge in [-0.15, -0.1) is 11.6 Å². The number of sulfonamides is 1. The fourth-order valence-corrected chi connectivity index (χ4v) is 5.82. The van der Waals surface area contributed by atoms with Crippen molar-refractivity contribution in [1.29, 1.82) is 0 Å². The molecular weight excluding hydrogens is 365 g/mol. The zero-order valence-corrected chi connectivity index (χ0v) is 14.2. The molecule has 20 heavy (non-hydrogen) atoms. The molecule has 0 N–H and O–H groups in total. The first kappa shape index (κ1) is 16.5. The number of benzene rings is 1. The second-order valence-electron chi connectivity index (χ2n) is 4.26. The van der Waals surface area contributed by atoms with E-state index >= 15 is 0 Å². The van der Waals surface area contributed by atoms with Crippen LogP contribution in [0.3, 0.4) is 0 Å². The monoisotopic (exact) mass is 375 g/mol. The standard InChI is InChI=1S/C11H12Cl3NO3S2/c12-7-8-5-9(13)6-10(11(8)14)20(17,18)15-1-3-19(16)4-2-15/h5-6H,1-4,7H2. The minimum Gasteiger partial charge on any atom is -0.259 e. The van der Waals surface area contributed by atoms with Crippen molar-refractivity contribution in [3.63, 3.8) is 0 Å². The van der Waals surface area contributed by atoms with E-state index in [9.17, 15) is 12.6 Å². The lowest BCUT2D eigenvalue weighted by Crippen LogP contribution is -2.41. The van der Waals surface area contributed by atoms with Crippen LogP contribution in [0.4, 0.5) is 0 Å². The average Bonchev–Trinajstić information content (AvgIpc) is 2.41. The molecule has 0 bridgehead atoms. The molecule has 0 aliphatic carbocycles. The molecule has 1 aliphatic heterocycles. The summed E-state index contributed by atoms with van der Waals surface area (Å²) in [5.74, 6) is 0.742.